The molecule has 2 heterocycles. The van der Waals surface area contributed by atoms with Crippen LogP contribution in [-0.4, -0.2) is 32.6 Å². The van der Waals surface area contributed by atoms with Crippen LogP contribution in [0.1, 0.15) is 10.4 Å². The van der Waals surface area contributed by atoms with E-state index in [1.165, 1.54) is 0 Å². The van der Waals surface area contributed by atoms with Gasteiger partial charge >= 0.3 is 0 Å². The van der Waals surface area contributed by atoms with Gasteiger partial charge in [-0.05, 0) is 30.3 Å². The molecule has 3 N–H and O–H groups in total. The van der Waals surface area contributed by atoms with Gasteiger partial charge in [-0.1, -0.05) is 12.1 Å². The minimum Gasteiger partial charge on any atom is -0.339 e. The van der Waals surface area contributed by atoms with Crippen LogP contribution in [0.4, 0.5) is 0 Å². The van der Waals surface area contributed by atoms with Crippen molar-refractivity contribution in [2.75, 3.05) is 6.54 Å². The maximum absolute atomic E-state index is 11.9. The van der Waals surface area contributed by atoms with E-state index in [4.69, 9.17) is 5.26 Å². The molecule has 0 atom stereocenters. The fourth-order valence-corrected chi connectivity index (χ4v) is 2.63. The average Bonchev–Trinajstić information content (AvgIpc) is 3.22. The number of nitrogens with zero attached hydrogens (tertiary/aromatic N) is 3. The number of benzene rings is 2. The van der Waals surface area contributed by atoms with Crippen LogP contribution in [0, 0.1) is 11.3 Å². The maximum Gasteiger partial charge on any atom is 0.252 e. The van der Waals surface area contributed by atoms with Gasteiger partial charge in [0.15, 0.2) is 5.82 Å². The second-order valence-corrected chi connectivity index (χ2v) is 5.28. The van der Waals surface area contributed by atoms with Crippen LogP contribution >= 0.6 is 0 Å². The highest BCUT2D eigenvalue weighted by molar-refractivity contribution is 6.00. The summed E-state index contributed by atoms with van der Waals surface area (Å²) in [6.07, 6.45) is 0. The molecule has 4 rings (SSSR count). The molecule has 7 heteroatoms. The minimum absolute atomic E-state index is 0.0237. The van der Waals surface area contributed by atoms with Crippen molar-refractivity contribution in [1.82, 2.24) is 25.5 Å². The number of carbonyl (C=O) groups is 1. The summed E-state index contributed by atoms with van der Waals surface area (Å²) in [5.74, 6) is 0.377. The molecule has 0 spiro atoms. The smallest absolute Gasteiger partial charge is 0.252 e. The fourth-order valence-electron chi connectivity index (χ4n) is 2.63. The Labute approximate surface area is 136 Å². The van der Waals surface area contributed by atoms with Crippen molar-refractivity contribution >= 4 is 27.8 Å². The number of rotatable bonds is 3. The van der Waals surface area contributed by atoms with E-state index in [0.29, 0.717) is 17.1 Å². The van der Waals surface area contributed by atoms with E-state index in [-0.39, 0.29) is 12.5 Å². The molecule has 0 bridgehead atoms. The second kappa shape index (κ2) is 5.52. The van der Waals surface area contributed by atoms with Crippen molar-refractivity contribution in [2.45, 2.75) is 0 Å². The second-order valence-electron chi connectivity index (χ2n) is 5.28. The fraction of sp³-hybridized carbons (Fsp3) is 0.0588. The predicted octanol–water partition coefficient (Wildman–Crippen LogP) is 2.36. The van der Waals surface area contributed by atoms with Crippen LogP contribution in [-0.2, 0) is 0 Å². The van der Waals surface area contributed by atoms with Crippen molar-refractivity contribution < 1.29 is 4.79 Å². The van der Waals surface area contributed by atoms with Gasteiger partial charge in [0.2, 0.25) is 0 Å². The standard InChI is InChI=1S/C17H12N6O/c18-7-8-19-17(24)10-5-6-11-14(9-10)22-23-15(11)16-20-12-3-1-2-4-13(12)21-16/h1-6,9H,8H2,(H,19,24)(H,20,21)(H,22,23). The monoisotopic (exact) mass is 316 g/mol. The van der Waals surface area contributed by atoms with Crippen molar-refractivity contribution in [3.63, 3.8) is 0 Å². The van der Waals surface area contributed by atoms with Gasteiger partial charge in [-0.3, -0.25) is 9.89 Å². The van der Waals surface area contributed by atoms with Crippen molar-refractivity contribution in [2.24, 2.45) is 0 Å². The highest BCUT2D eigenvalue weighted by atomic mass is 16.1. The van der Waals surface area contributed by atoms with E-state index < -0.39 is 0 Å². The number of hydrogen-bond donors (Lipinski definition) is 3. The summed E-state index contributed by atoms with van der Waals surface area (Å²) in [5.41, 5.74) is 3.71. The van der Waals surface area contributed by atoms with Crippen molar-refractivity contribution in [3.05, 3.63) is 48.0 Å². The Morgan fingerprint density at radius 3 is 2.92 bits per heavy atom. The lowest BCUT2D eigenvalue weighted by Crippen LogP contribution is -2.23. The van der Waals surface area contributed by atoms with E-state index in [9.17, 15) is 4.79 Å². The molecule has 7 nitrogen and oxygen atoms in total. The molecule has 0 aliphatic heterocycles. The largest absolute Gasteiger partial charge is 0.339 e. The first-order valence-electron chi connectivity index (χ1n) is 7.34. The quantitative estimate of drug-likeness (QED) is 0.504. The maximum atomic E-state index is 11.9. The molecule has 0 radical (unpaired) electrons. The molecular weight excluding hydrogens is 304 g/mol. The number of aromatic nitrogens is 4. The molecule has 2 aromatic heterocycles. The highest BCUT2D eigenvalue weighted by Crippen LogP contribution is 2.26. The zero-order valence-corrected chi connectivity index (χ0v) is 12.5. The van der Waals surface area contributed by atoms with Gasteiger partial charge in [0, 0.05) is 10.9 Å². The van der Waals surface area contributed by atoms with E-state index >= 15 is 0 Å². The zero-order chi connectivity index (χ0) is 16.5. The topological polar surface area (TPSA) is 110 Å². The zero-order valence-electron chi connectivity index (χ0n) is 12.5. The van der Waals surface area contributed by atoms with Gasteiger partial charge in [-0.15, -0.1) is 0 Å². The molecular formula is C17H12N6O. The van der Waals surface area contributed by atoms with Gasteiger partial charge in [-0.25, -0.2) is 4.98 Å². The summed E-state index contributed by atoms with van der Waals surface area (Å²) >= 11 is 0. The summed E-state index contributed by atoms with van der Waals surface area (Å²) < 4.78 is 0. The van der Waals surface area contributed by atoms with E-state index in [1.807, 2.05) is 36.4 Å². The molecule has 0 saturated heterocycles. The third kappa shape index (κ3) is 2.27. The molecule has 0 saturated carbocycles. The van der Waals surface area contributed by atoms with E-state index in [2.05, 4.69) is 25.5 Å². The first-order valence-corrected chi connectivity index (χ1v) is 7.34. The number of aromatic amines is 2. The van der Waals surface area contributed by atoms with E-state index in [0.717, 1.165) is 21.9 Å². The molecule has 4 aromatic rings. The Hall–Kier alpha value is -3.66. The molecule has 1 amide bonds. The first-order chi connectivity index (χ1) is 11.8. The van der Waals surface area contributed by atoms with Gasteiger partial charge in [0.25, 0.3) is 5.91 Å². The molecule has 0 aliphatic rings. The lowest BCUT2D eigenvalue weighted by Gasteiger charge is -2.01. The molecule has 24 heavy (non-hydrogen) atoms. The summed E-state index contributed by atoms with van der Waals surface area (Å²) in [6.45, 7) is -0.0237. The molecule has 0 unspecified atom stereocenters. The lowest BCUT2D eigenvalue weighted by atomic mass is 10.1. The van der Waals surface area contributed by atoms with Gasteiger partial charge in [0.05, 0.1) is 22.6 Å². The SMILES string of the molecule is N#CCNC(=O)c1ccc2c(-c3nc4ccccc4[nH]3)n[nH]c2c1. The van der Waals surface area contributed by atoms with Crippen LogP contribution < -0.4 is 5.32 Å². The van der Waals surface area contributed by atoms with Crippen LogP contribution in [0.3, 0.4) is 0 Å². The Bertz CT molecular complexity index is 1070. The third-order valence-corrected chi connectivity index (χ3v) is 3.77. The number of carbonyl (C=O) groups excluding carboxylic acids is 1. The highest BCUT2D eigenvalue weighted by Gasteiger charge is 2.14. The van der Waals surface area contributed by atoms with E-state index in [1.54, 1.807) is 12.1 Å². The number of para-hydroxylation sites is 2. The first kappa shape index (κ1) is 14.0. The molecule has 2 aromatic carbocycles. The van der Waals surface area contributed by atoms with Crippen LogP contribution in [0.5, 0.6) is 0 Å². The number of H-pyrrole nitrogens is 2. The minimum atomic E-state index is -0.293. The van der Waals surface area contributed by atoms with Crippen molar-refractivity contribution in [1.29, 1.82) is 5.26 Å². The molecule has 116 valence electrons. The van der Waals surface area contributed by atoms with Crippen LogP contribution in [0.15, 0.2) is 42.5 Å². The third-order valence-electron chi connectivity index (χ3n) is 3.77. The molecule has 0 fully saturated rings. The average molecular weight is 316 g/mol. The predicted molar refractivity (Wildman–Crippen MR) is 89.1 cm³/mol. The Balaban J connectivity index is 1.75. The Morgan fingerprint density at radius 2 is 2.08 bits per heavy atom. The van der Waals surface area contributed by atoms with Crippen molar-refractivity contribution in [3.8, 4) is 17.6 Å². The van der Waals surface area contributed by atoms with Gasteiger partial charge in [-0.2, -0.15) is 10.4 Å². The number of nitrogens with one attached hydrogen (secondary N) is 3. The number of nitriles is 1. The van der Waals surface area contributed by atoms with Crippen LogP contribution in [0.25, 0.3) is 33.5 Å². The number of imidazole rings is 1. The number of fused-ring (bicyclic) bond motifs is 2. The number of hydrogen-bond acceptors (Lipinski definition) is 4. The summed E-state index contributed by atoms with van der Waals surface area (Å²) in [4.78, 5) is 19.7. The van der Waals surface area contributed by atoms with Gasteiger partial charge in [0.1, 0.15) is 12.2 Å². The lowest BCUT2D eigenvalue weighted by molar-refractivity contribution is 0.0958. The van der Waals surface area contributed by atoms with Gasteiger partial charge < -0.3 is 10.3 Å². The Kier molecular flexibility index (Phi) is 3.21. The Morgan fingerprint density at radius 1 is 1.21 bits per heavy atom. The number of amides is 1. The normalized spacial score (nSPS) is 10.8. The summed E-state index contributed by atoms with van der Waals surface area (Å²) in [6, 6.07) is 14.9. The summed E-state index contributed by atoms with van der Waals surface area (Å²) in [5, 5.41) is 19.2. The summed E-state index contributed by atoms with van der Waals surface area (Å²) in [7, 11) is 0. The molecule has 0 aliphatic carbocycles. The van der Waals surface area contributed by atoms with Crippen LogP contribution in [0.2, 0.25) is 0 Å².